The Bertz CT molecular complexity index is 362. The van der Waals surface area contributed by atoms with Crippen LogP contribution in [0.25, 0.3) is 0 Å². The molecule has 3 heteroatoms. The average molecular weight is 207 g/mol. The van der Waals surface area contributed by atoms with Gasteiger partial charge in [-0.05, 0) is 24.0 Å². The van der Waals surface area contributed by atoms with E-state index in [0.717, 1.165) is 12.0 Å². The number of hydrogen-bond acceptors (Lipinski definition) is 2. The van der Waals surface area contributed by atoms with Crippen LogP contribution in [0.5, 0.6) is 0 Å². The van der Waals surface area contributed by atoms with E-state index in [1.165, 1.54) is 0 Å². The minimum Gasteiger partial charge on any atom is -0.375 e. The van der Waals surface area contributed by atoms with Crippen LogP contribution in [-0.4, -0.2) is 11.0 Å². The maximum atomic E-state index is 11.3. The zero-order chi connectivity index (χ0) is 11.5. The van der Waals surface area contributed by atoms with Crippen LogP contribution in [0.3, 0.4) is 0 Å². The summed E-state index contributed by atoms with van der Waals surface area (Å²) in [6, 6.07) is 7.35. The van der Waals surface area contributed by atoms with Gasteiger partial charge in [0.15, 0.2) is 5.60 Å². The number of primary amides is 1. The summed E-state index contributed by atoms with van der Waals surface area (Å²) in [7, 11) is 0. The average Bonchev–Trinajstić information content (AvgIpc) is 2.27. The predicted octanol–water partition coefficient (Wildman–Crippen LogP) is 1.33. The standard InChI is InChI=1S/C12H17NO2/c1-3-9-7-5-6-8-10(9)12(15,4-2)11(13)14/h5-8,15H,3-4H2,1-2H3,(H2,13,14). The van der Waals surface area contributed by atoms with E-state index in [9.17, 15) is 9.90 Å². The topological polar surface area (TPSA) is 63.3 Å². The number of aryl methyl sites for hydroxylation is 1. The number of hydrogen-bond donors (Lipinski definition) is 2. The van der Waals surface area contributed by atoms with Crippen LogP contribution in [0.4, 0.5) is 0 Å². The van der Waals surface area contributed by atoms with Crippen molar-refractivity contribution in [1.29, 1.82) is 0 Å². The third-order valence-electron chi connectivity index (χ3n) is 2.76. The fourth-order valence-corrected chi connectivity index (χ4v) is 1.73. The number of benzene rings is 1. The zero-order valence-corrected chi connectivity index (χ0v) is 9.16. The van der Waals surface area contributed by atoms with Crippen LogP contribution in [0.1, 0.15) is 31.4 Å². The lowest BCUT2D eigenvalue weighted by Gasteiger charge is -2.25. The van der Waals surface area contributed by atoms with Crippen LogP contribution in [0, 0.1) is 0 Å². The van der Waals surface area contributed by atoms with Crippen molar-refractivity contribution in [3.05, 3.63) is 35.4 Å². The molecule has 0 spiro atoms. The maximum absolute atomic E-state index is 11.3. The van der Waals surface area contributed by atoms with Crippen LogP contribution in [0.2, 0.25) is 0 Å². The van der Waals surface area contributed by atoms with E-state index in [1.54, 1.807) is 19.1 Å². The van der Waals surface area contributed by atoms with E-state index in [2.05, 4.69) is 0 Å². The van der Waals surface area contributed by atoms with Gasteiger partial charge in [-0.15, -0.1) is 0 Å². The smallest absolute Gasteiger partial charge is 0.254 e. The van der Waals surface area contributed by atoms with Gasteiger partial charge in [-0.1, -0.05) is 38.1 Å². The van der Waals surface area contributed by atoms with Gasteiger partial charge in [0.2, 0.25) is 0 Å². The lowest BCUT2D eigenvalue weighted by molar-refractivity contribution is -0.137. The van der Waals surface area contributed by atoms with Gasteiger partial charge in [0.05, 0.1) is 0 Å². The fraction of sp³-hybridized carbons (Fsp3) is 0.417. The van der Waals surface area contributed by atoms with E-state index < -0.39 is 11.5 Å². The highest BCUT2D eigenvalue weighted by Gasteiger charge is 2.35. The summed E-state index contributed by atoms with van der Waals surface area (Å²) in [6.07, 6.45) is 1.06. The van der Waals surface area contributed by atoms with Crippen molar-refractivity contribution in [2.75, 3.05) is 0 Å². The molecule has 0 aromatic heterocycles. The molecule has 1 atom stereocenters. The Balaban J connectivity index is 3.29. The van der Waals surface area contributed by atoms with Gasteiger partial charge >= 0.3 is 0 Å². The van der Waals surface area contributed by atoms with Crippen LogP contribution in [-0.2, 0) is 16.8 Å². The maximum Gasteiger partial charge on any atom is 0.254 e. The molecule has 0 fully saturated rings. The number of aliphatic hydroxyl groups is 1. The molecule has 1 aromatic carbocycles. The van der Waals surface area contributed by atoms with E-state index in [-0.39, 0.29) is 0 Å². The molecule has 3 N–H and O–H groups in total. The van der Waals surface area contributed by atoms with E-state index in [1.807, 2.05) is 19.1 Å². The first kappa shape index (κ1) is 11.7. The lowest BCUT2D eigenvalue weighted by atomic mass is 9.86. The van der Waals surface area contributed by atoms with Crippen molar-refractivity contribution in [2.24, 2.45) is 5.73 Å². The molecule has 1 rings (SSSR count). The highest BCUT2D eigenvalue weighted by atomic mass is 16.3. The second-order valence-electron chi connectivity index (χ2n) is 3.59. The Morgan fingerprint density at radius 1 is 1.40 bits per heavy atom. The summed E-state index contributed by atoms with van der Waals surface area (Å²) >= 11 is 0. The number of amides is 1. The minimum atomic E-state index is -1.54. The highest BCUT2D eigenvalue weighted by molar-refractivity contribution is 5.85. The predicted molar refractivity (Wildman–Crippen MR) is 59.2 cm³/mol. The monoisotopic (exact) mass is 207 g/mol. The Hall–Kier alpha value is -1.35. The van der Waals surface area contributed by atoms with Gasteiger partial charge in [0.25, 0.3) is 5.91 Å². The van der Waals surface area contributed by atoms with E-state index in [4.69, 9.17) is 5.73 Å². The first-order chi connectivity index (χ1) is 7.06. The summed E-state index contributed by atoms with van der Waals surface area (Å²) in [5.74, 6) is -0.689. The third kappa shape index (κ3) is 2.02. The van der Waals surface area contributed by atoms with Crippen molar-refractivity contribution in [2.45, 2.75) is 32.3 Å². The normalized spacial score (nSPS) is 14.6. The Morgan fingerprint density at radius 3 is 2.47 bits per heavy atom. The molecule has 15 heavy (non-hydrogen) atoms. The number of carbonyl (C=O) groups is 1. The largest absolute Gasteiger partial charge is 0.375 e. The van der Waals surface area contributed by atoms with E-state index >= 15 is 0 Å². The van der Waals surface area contributed by atoms with Crippen LogP contribution >= 0.6 is 0 Å². The number of nitrogens with two attached hydrogens (primary N) is 1. The molecule has 0 aliphatic rings. The molecule has 0 aliphatic heterocycles. The van der Waals surface area contributed by atoms with Gasteiger partial charge in [-0.2, -0.15) is 0 Å². The first-order valence-electron chi connectivity index (χ1n) is 5.17. The molecule has 0 saturated carbocycles. The number of rotatable bonds is 4. The summed E-state index contributed by atoms with van der Waals surface area (Å²) < 4.78 is 0. The molecule has 82 valence electrons. The van der Waals surface area contributed by atoms with Gasteiger partial charge in [-0.25, -0.2) is 0 Å². The lowest BCUT2D eigenvalue weighted by Crippen LogP contribution is -2.41. The zero-order valence-electron chi connectivity index (χ0n) is 9.16. The SMILES string of the molecule is CCc1ccccc1C(O)(CC)C(N)=O. The molecule has 0 aliphatic carbocycles. The molecule has 0 heterocycles. The Kier molecular flexibility index (Phi) is 3.48. The molecule has 1 unspecified atom stereocenters. The summed E-state index contributed by atoms with van der Waals surface area (Å²) in [4.78, 5) is 11.3. The molecular weight excluding hydrogens is 190 g/mol. The van der Waals surface area contributed by atoms with Crippen molar-refractivity contribution in [3.8, 4) is 0 Å². The highest BCUT2D eigenvalue weighted by Crippen LogP contribution is 2.27. The second kappa shape index (κ2) is 4.45. The fourth-order valence-electron chi connectivity index (χ4n) is 1.73. The van der Waals surface area contributed by atoms with Gasteiger partial charge in [-0.3, -0.25) is 4.79 Å². The number of carbonyl (C=O) groups excluding carboxylic acids is 1. The Labute approximate surface area is 89.9 Å². The summed E-state index contributed by atoms with van der Waals surface area (Å²) in [6.45, 7) is 3.73. The minimum absolute atomic E-state index is 0.291. The van der Waals surface area contributed by atoms with Crippen molar-refractivity contribution in [3.63, 3.8) is 0 Å². The summed E-state index contributed by atoms with van der Waals surface area (Å²) in [5.41, 5.74) is 5.30. The second-order valence-corrected chi connectivity index (χ2v) is 3.59. The third-order valence-corrected chi connectivity index (χ3v) is 2.76. The van der Waals surface area contributed by atoms with Crippen molar-refractivity contribution in [1.82, 2.24) is 0 Å². The molecule has 3 nitrogen and oxygen atoms in total. The van der Waals surface area contributed by atoms with Crippen molar-refractivity contribution < 1.29 is 9.90 Å². The van der Waals surface area contributed by atoms with Gasteiger partial charge in [0.1, 0.15) is 0 Å². The van der Waals surface area contributed by atoms with Gasteiger partial charge in [0, 0.05) is 0 Å². The van der Waals surface area contributed by atoms with Crippen LogP contribution in [0.15, 0.2) is 24.3 Å². The molecule has 0 saturated heterocycles. The van der Waals surface area contributed by atoms with Crippen LogP contribution < -0.4 is 5.73 Å². The molecule has 1 aromatic rings. The molecule has 0 bridgehead atoms. The Morgan fingerprint density at radius 2 is 2.00 bits per heavy atom. The quantitative estimate of drug-likeness (QED) is 0.782. The molecule has 1 amide bonds. The molecular formula is C12H17NO2. The summed E-state index contributed by atoms with van der Waals surface area (Å²) in [5, 5.41) is 10.2. The van der Waals surface area contributed by atoms with E-state index in [0.29, 0.717) is 12.0 Å². The molecule has 0 radical (unpaired) electrons. The van der Waals surface area contributed by atoms with Crippen molar-refractivity contribution >= 4 is 5.91 Å². The first-order valence-corrected chi connectivity index (χ1v) is 5.17. The van der Waals surface area contributed by atoms with Gasteiger partial charge < -0.3 is 10.8 Å².